The highest BCUT2D eigenvalue weighted by Gasteiger charge is 2.41. The van der Waals surface area contributed by atoms with E-state index < -0.39 is 11.7 Å². The Morgan fingerprint density at radius 1 is 1.43 bits per heavy atom. The molecule has 1 fully saturated rings. The summed E-state index contributed by atoms with van der Waals surface area (Å²) in [6.45, 7) is 4.83. The molecule has 1 aromatic rings. The van der Waals surface area contributed by atoms with Crippen molar-refractivity contribution in [2.24, 2.45) is 5.92 Å². The normalized spacial score (nSPS) is 27.6. The SMILES string of the molecule is CCOC1(C(O)Cc2ccc(F)c(Br)c2)CCC(C)CC1. The van der Waals surface area contributed by atoms with Crippen molar-refractivity contribution in [1.29, 1.82) is 0 Å². The maximum absolute atomic E-state index is 13.3. The van der Waals surface area contributed by atoms with Gasteiger partial charge in [-0.3, -0.25) is 0 Å². The third-order valence-electron chi connectivity index (χ3n) is 4.57. The molecule has 2 rings (SSSR count). The van der Waals surface area contributed by atoms with Gasteiger partial charge in [0.15, 0.2) is 0 Å². The lowest BCUT2D eigenvalue weighted by molar-refractivity contribution is -0.143. The van der Waals surface area contributed by atoms with E-state index in [1.54, 1.807) is 12.1 Å². The third-order valence-corrected chi connectivity index (χ3v) is 5.18. The fraction of sp³-hybridized carbons (Fsp3) is 0.647. The maximum atomic E-state index is 13.3. The van der Waals surface area contributed by atoms with Gasteiger partial charge in [-0.05, 0) is 72.2 Å². The van der Waals surface area contributed by atoms with Gasteiger partial charge in [0.25, 0.3) is 0 Å². The van der Waals surface area contributed by atoms with Crippen LogP contribution in [-0.4, -0.2) is 23.4 Å². The van der Waals surface area contributed by atoms with Crippen LogP contribution >= 0.6 is 15.9 Å². The monoisotopic (exact) mass is 358 g/mol. The number of hydrogen-bond donors (Lipinski definition) is 1. The second-order valence-corrected chi connectivity index (χ2v) is 7.00. The molecule has 0 bridgehead atoms. The lowest BCUT2D eigenvalue weighted by Gasteiger charge is -2.42. The molecule has 118 valence electrons. The predicted octanol–water partition coefficient (Wildman–Crippen LogP) is 4.48. The van der Waals surface area contributed by atoms with Crippen LogP contribution in [0.4, 0.5) is 4.39 Å². The van der Waals surface area contributed by atoms with Crippen LogP contribution in [0.5, 0.6) is 0 Å². The van der Waals surface area contributed by atoms with E-state index in [2.05, 4.69) is 22.9 Å². The van der Waals surface area contributed by atoms with E-state index >= 15 is 0 Å². The van der Waals surface area contributed by atoms with Crippen LogP contribution in [0.1, 0.15) is 45.1 Å². The van der Waals surface area contributed by atoms with Crippen molar-refractivity contribution in [2.75, 3.05) is 6.61 Å². The summed E-state index contributed by atoms with van der Waals surface area (Å²) in [6.07, 6.45) is 3.90. The molecule has 2 nitrogen and oxygen atoms in total. The number of aliphatic hydroxyl groups is 1. The quantitative estimate of drug-likeness (QED) is 0.840. The Balaban J connectivity index is 2.11. The summed E-state index contributed by atoms with van der Waals surface area (Å²) in [6, 6.07) is 4.90. The molecule has 0 amide bonds. The zero-order valence-corrected chi connectivity index (χ0v) is 14.3. The number of ether oxygens (including phenoxy) is 1. The second-order valence-electron chi connectivity index (χ2n) is 6.15. The first-order valence-corrected chi connectivity index (χ1v) is 8.52. The van der Waals surface area contributed by atoms with Crippen molar-refractivity contribution in [3.8, 4) is 0 Å². The number of hydrogen-bond acceptors (Lipinski definition) is 2. The molecule has 4 heteroatoms. The van der Waals surface area contributed by atoms with Gasteiger partial charge < -0.3 is 9.84 Å². The van der Waals surface area contributed by atoms with Gasteiger partial charge in [-0.25, -0.2) is 4.39 Å². The topological polar surface area (TPSA) is 29.5 Å². The molecule has 1 saturated carbocycles. The average Bonchev–Trinajstić information content (AvgIpc) is 2.46. The minimum absolute atomic E-state index is 0.278. The lowest BCUT2D eigenvalue weighted by atomic mass is 9.75. The van der Waals surface area contributed by atoms with Crippen LogP contribution in [0, 0.1) is 11.7 Å². The van der Waals surface area contributed by atoms with Crippen LogP contribution < -0.4 is 0 Å². The fourth-order valence-electron chi connectivity index (χ4n) is 3.19. The molecule has 1 aliphatic rings. The Kier molecular flexibility index (Phi) is 5.81. The molecular formula is C17H24BrFO2. The Bertz CT molecular complexity index is 470. The molecule has 1 atom stereocenters. The summed E-state index contributed by atoms with van der Waals surface area (Å²) in [5.74, 6) is 0.421. The van der Waals surface area contributed by atoms with Crippen LogP contribution in [0.3, 0.4) is 0 Å². The number of rotatable bonds is 5. The van der Waals surface area contributed by atoms with E-state index in [4.69, 9.17) is 4.74 Å². The summed E-state index contributed by atoms with van der Waals surface area (Å²) in [7, 11) is 0. The highest BCUT2D eigenvalue weighted by molar-refractivity contribution is 9.10. The van der Waals surface area contributed by atoms with Crippen molar-refractivity contribution in [2.45, 2.75) is 57.7 Å². The van der Waals surface area contributed by atoms with Gasteiger partial charge in [0.2, 0.25) is 0 Å². The molecule has 0 aromatic heterocycles. The van der Waals surface area contributed by atoms with Gasteiger partial charge in [0.1, 0.15) is 5.82 Å². The molecule has 0 spiro atoms. The van der Waals surface area contributed by atoms with E-state index in [-0.39, 0.29) is 5.82 Å². The molecule has 1 aliphatic carbocycles. The van der Waals surface area contributed by atoms with Crippen LogP contribution in [0.15, 0.2) is 22.7 Å². The lowest BCUT2D eigenvalue weighted by Crippen LogP contribution is -2.48. The van der Waals surface area contributed by atoms with E-state index in [0.717, 1.165) is 31.2 Å². The van der Waals surface area contributed by atoms with Gasteiger partial charge in [0, 0.05) is 13.0 Å². The Hall–Kier alpha value is -0.450. The first-order valence-electron chi connectivity index (χ1n) is 7.73. The van der Waals surface area contributed by atoms with E-state index in [9.17, 15) is 9.50 Å². The molecular weight excluding hydrogens is 335 g/mol. The number of benzene rings is 1. The van der Waals surface area contributed by atoms with E-state index in [0.29, 0.717) is 23.4 Å². The molecule has 0 saturated heterocycles. The second kappa shape index (κ2) is 7.21. The summed E-state index contributed by atoms with van der Waals surface area (Å²) in [5.41, 5.74) is 0.482. The Morgan fingerprint density at radius 3 is 2.67 bits per heavy atom. The van der Waals surface area contributed by atoms with Crippen molar-refractivity contribution in [1.82, 2.24) is 0 Å². The standard InChI is InChI=1S/C17H24BrFO2/c1-3-21-17(8-6-12(2)7-9-17)16(20)11-13-4-5-15(19)14(18)10-13/h4-5,10,12,16,20H,3,6-9,11H2,1-2H3. The van der Waals surface area contributed by atoms with Crippen LogP contribution in [-0.2, 0) is 11.2 Å². The van der Waals surface area contributed by atoms with Gasteiger partial charge in [-0.2, -0.15) is 0 Å². The first kappa shape index (κ1) is 16.9. The fourth-order valence-corrected chi connectivity index (χ4v) is 3.61. The minimum Gasteiger partial charge on any atom is -0.390 e. The summed E-state index contributed by atoms with van der Waals surface area (Å²) < 4.78 is 19.7. The highest BCUT2D eigenvalue weighted by Crippen LogP contribution is 2.38. The van der Waals surface area contributed by atoms with Crippen LogP contribution in [0.25, 0.3) is 0 Å². The molecule has 21 heavy (non-hydrogen) atoms. The van der Waals surface area contributed by atoms with Crippen molar-refractivity contribution in [3.05, 3.63) is 34.1 Å². The maximum Gasteiger partial charge on any atom is 0.137 e. The molecule has 0 aliphatic heterocycles. The van der Waals surface area contributed by atoms with Crippen molar-refractivity contribution < 1.29 is 14.2 Å². The van der Waals surface area contributed by atoms with Crippen molar-refractivity contribution in [3.63, 3.8) is 0 Å². The average molecular weight is 359 g/mol. The smallest absolute Gasteiger partial charge is 0.137 e. The third kappa shape index (κ3) is 4.05. The Labute approximate surface area is 134 Å². The van der Waals surface area contributed by atoms with E-state index in [1.165, 1.54) is 6.07 Å². The largest absolute Gasteiger partial charge is 0.390 e. The zero-order chi connectivity index (χ0) is 15.5. The van der Waals surface area contributed by atoms with E-state index in [1.807, 2.05) is 6.92 Å². The first-order chi connectivity index (χ1) is 9.97. The summed E-state index contributed by atoms with van der Waals surface area (Å²) in [5, 5.41) is 10.7. The summed E-state index contributed by atoms with van der Waals surface area (Å²) >= 11 is 3.20. The van der Waals surface area contributed by atoms with Gasteiger partial charge in [-0.15, -0.1) is 0 Å². The molecule has 1 N–H and O–H groups in total. The minimum atomic E-state index is -0.553. The number of aliphatic hydroxyl groups excluding tert-OH is 1. The molecule has 0 heterocycles. The molecule has 1 aromatic carbocycles. The van der Waals surface area contributed by atoms with Crippen LogP contribution in [0.2, 0.25) is 0 Å². The van der Waals surface area contributed by atoms with Gasteiger partial charge in [0.05, 0.1) is 16.2 Å². The predicted molar refractivity (Wildman–Crippen MR) is 85.8 cm³/mol. The van der Waals surface area contributed by atoms with Gasteiger partial charge >= 0.3 is 0 Å². The Morgan fingerprint density at radius 2 is 2.10 bits per heavy atom. The molecule has 0 radical (unpaired) electrons. The highest BCUT2D eigenvalue weighted by atomic mass is 79.9. The zero-order valence-electron chi connectivity index (χ0n) is 12.7. The molecule has 1 unspecified atom stereocenters. The van der Waals surface area contributed by atoms with Crippen molar-refractivity contribution >= 4 is 15.9 Å². The number of halogens is 2. The van der Waals surface area contributed by atoms with Gasteiger partial charge in [-0.1, -0.05) is 13.0 Å². The summed E-state index contributed by atoms with van der Waals surface area (Å²) in [4.78, 5) is 0.